The van der Waals surface area contributed by atoms with Crippen LogP contribution in [0.3, 0.4) is 0 Å². The monoisotopic (exact) mass is 333 g/mol. The van der Waals surface area contributed by atoms with Gasteiger partial charge in [0.25, 0.3) is 0 Å². The summed E-state index contributed by atoms with van der Waals surface area (Å²) in [6.07, 6.45) is 13.6. The SMILES string of the molecule is NCc1[nH]c2ncnc(NP)c2c1C1CCCCCCCCC1. The highest BCUT2D eigenvalue weighted by Crippen LogP contribution is 2.38. The molecule has 126 valence electrons. The molecule has 0 saturated heterocycles. The maximum atomic E-state index is 6.03. The van der Waals surface area contributed by atoms with E-state index in [1.54, 1.807) is 6.33 Å². The predicted molar refractivity (Wildman–Crippen MR) is 99.4 cm³/mol. The van der Waals surface area contributed by atoms with Crippen molar-refractivity contribution in [2.75, 3.05) is 5.09 Å². The number of aromatic nitrogens is 3. The zero-order valence-electron chi connectivity index (χ0n) is 13.8. The fourth-order valence-corrected chi connectivity index (χ4v) is 4.13. The summed E-state index contributed by atoms with van der Waals surface area (Å²) in [5.41, 5.74) is 9.42. The first kappa shape index (κ1) is 16.7. The predicted octanol–water partition coefficient (Wildman–Crippen LogP) is 4.23. The molecule has 2 aromatic rings. The molecule has 5 nitrogen and oxygen atoms in total. The van der Waals surface area contributed by atoms with Gasteiger partial charge < -0.3 is 15.8 Å². The molecule has 2 heterocycles. The molecule has 0 bridgehead atoms. The van der Waals surface area contributed by atoms with Crippen LogP contribution in [-0.4, -0.2) is 15.0 Å². The summed E-state index contributed by atoms with van der Waals surface area (Å²) in [5.74, 6) is 1.44. The Kier molecular flexibility index (Phi) is 5.85. The van der Waals surface area contributed by atoms with Gasteiger partial charge in [-0.25, -0.2) is 9.97 Å². The van der Waals surface area contributed by atoms with Gasteiger partial charge in [-0.15, -0.1) is 0 Å². The number of aromatic amines is 1. The summed E-state index contributed by atoms with van der Waals surface area (Å²) in [4.78, 5) is 12.2. The molecule has 1 saturated carbocycles. The van der Waals surface area contributed by atoms with E-state index in [0.717, 1.165) is 22.5 Å². The van der Waals surface area contributed by atoms with Crippen LogP contribution in [0.15, 0.2) is 6.33 Å². The van der Waals surface area contributed by atoms with E-state index in [4.69, 9.17) is 5.73 Å². The number of hydrogen-bond donors (Lipinski definition) is 3. The van der Waals surface area contributed by atoms with Crippen LogP contribution in [0, 0.1) is 0 Å². The molecule has 2 aromatic heterocycles. The summed E-state index contributed by atoms with van der Waals surface area (Å²) in [7, 11) is 2.55. The largest absolute Gasteiger partial charge is 0.354 e. The molecule has 23 heavy (non-hydrogen) atoms. The number of nitrogens with two attached hydrogens (primary N) is 1. The third kappa shape index (κ3) is 3.67. The average molecular weight is 333 g/mol. The van der Waals surface area contributed by atoms with Gasteiger partial charge in [-0.05, 0) is 33.7 Å². The lowest BCUT2D eigenvalue weighted by Gasteiger charge is -2.20. The number of nitrogens with zero attached hydrogens (tertiary/aromatic N) is 2. The Bertz CT molecular complexity index is 629. The Morgan fingerprint density at radius 3 is 2.35 bits per heavy atom. The molecule has 0 radical (unpaired) electrons. The highest BCUT2D eigenvalue weighted by Gasteiger charge is 2.23. The van der Waals surface area contributed by atoms with E-state index in [2.05, 4.69) is 29.4 Å². The van der Waals surface area contributed by atoms with Crippen LogP contribution in [0.2, 0.25) is 0 Å². The zero-order chi connectivity index (χ0) is 16.1. The number of nitrogens with one attached hydrogen (secondary N) is 2. The molecule has 1 unspecified atom stereocenters. The van der Waals surface area contributed by atoms with Gasteiger partial charge in [0.05, 0.1) is 5.39 Å². The highest BCUT2D eigenvalue weighted by atomic mass is 31.0. The van der Waals surface area contributed by atoms with Gasteiger partial charge in [0.1, 0.15) is 17.8 Å². The average Bonchev–Trinajstić information content (AvgIpc) is 2.98. The van der Waals surface area contributed by atoms with E-state index in [-0.39, 0.29) is 0 Å². The van der Waals surface area contributed by atoms with Crippen molar-refractivity contribution in [3.8, 4) is 0 Å². The molecular weight excluding hydrogens is 305 g/mol. The lowest BCUT2D eigenvalue weighted by atomic mass is 9.85. The second-order valence-corrected chi connectivity index (χ2v) is 6.85. The van der Waals surface area contributed by atoms with E-state index >= 15 is 0 Å². The lowest BCUT2D eigenvalue weighted by molar-refractivity contribution is 0.462. The van der Waals surface area contributed by atoms with Crippen LogP contribution in [-0.2, 0) is 6.54 Å². The van der Waals surface area contributed by atoms with Crippen molar-refractivity contribution in [3.05, 3.63) is 17.6 Å². The van der Waals surface area contributed by atoms with Crippen molar-refractivity contribution in [2.45, 2.75) is 70.3 Å². The Balaban J connectivity index is 2.00. The van der Waals surface area contributed by atoms with Crippen molar-refractivity contribution in [2.24, 2.45) is 5.73 Å². The molecule has 1 fully saturated rings. The number of anilines is 1. The number of rotatable bonds is 3. The quantitative estimate of drug-likeness (QED) is 0.735. The van der Waals surface area contributed by atoms with Crippen LogP contribution in [0.25, 0.3) is 11.0 Å². The Hall–Kier alpha value is -1.19. The van der Waals surface area contributed by atoms with Gasteiger partial charge in [0.15, 0.2) is 0 Å². The second kappa shape index (κ2) is 8.07. The second-order valence-electron chi connectivity index (χ2n) is 6.56. The van der Waals surface area contributed by atoms with E-state index in [1.807, 2.05) is 0 Å². The molecular formula is C17H28N5P. The highest BCUT2D eigenvalue weighted by molar-refractivity contribution is 7.18. The summed E-state index contributed by atoms with van der Waals surface area (Å²) in [5, 5.41) is 4.27. The molecule has 1 atom stereocenters. The van der Waals surface area contributed by atoms with Crippen LogP contribution in [0.4, 0.5) is 5.82 Å². The third-order valence-corrected chi connectivity index (χ3v) is 5.34. The first-order chi connectivity index (χ1) is 11.3. The van der Waals surface area contributed by atoms with Crippen molar-refractivity contribution in [3.63, 3.8) is 0 Å². The molecule has 1 aliphatic rings. The molecule has 3 rings (SSSR count). The molecule has 6 heteroatoms. The van der Waals surface area contributed by atoms with Gasteiger partial charge in [0.2, 0.25) is 0 Å². The maximum Gasteiger partial charge on any atom is 0.143 e. The summed E-state index contributed by atoms with van der Waals surface area (Å²) < 4.78 is 0. The van der Waals surface area contributed by atoms with Crippen molar-refractivity contribution >= 4 is 26.2 Å². The van der Waals surface area contributed by atoms with Crippen LogP contribution in [0.5, 0.6) is 0 Å². The molecule has 0 aromatic carbocycles. The first-order valence-electron chi connectivity index (χ1n) is 8.87. The number of hydrogen-bond acceptors (Lipinski definition) is 4. The normalized spacial score (nSPS) is 18.2. The van der Waals surface area contributed by atoms with Crippen molar-refractivity contribution in [1.29, 1.82) is 0 Å². The van der Waals surface area contributed by atoms with Gasteiger partial charge in [-0.2, -0.15) is 0 Å². The van der Waals surface area contributed by atoms with Crippen LogP contribution >= 0.6 is 9.39 Å². The molecule has 0 amide bonds. The summed E-state index contributed by atoms with van der Waals surface area (Å²) in [6.45, 7) is 0.526. The van der Waals surface area contributed by atoms with Gasteiger partial charge >= 0.3 is 0 Å². The molecule has 0 spiro atoms. The summed E-state index contributed by atoms with van der Waals surface area (Å²) in [6, 6.07) is 0. The maximum absolute atomic E-state index is 6.03. The fraction of sp³-hybridized carbons (Fsp3) is 0.647. The minimum absolute atomic E-state index is 0.526. The van der Waals surface area contributed by atoms with Crippen LogP contribution in [0.1, 0.15) is 75.0 Å². The molecule has 0 aliphatic heterocycles. The number of fused-ring (bicyclic) bond motifs is 1. The van der Waals surface area contributed by atoms with E-state index in [0.29, 0.717) is 12.5 Å². The molecule has 4 N–H and O–H groups in total. The number of H-pyrrole nitrogens is 1. The Labute approximate surface area is 140 Å². The minimum Gasteiger partial charge on any atom is -0.354 e. The van der Waals surface area contributed by atoms with Gasteiger partial charge in [-0.3, -0.25) is 0 Å². The van der Waals surface area contributed by atoms with Gasteiger partial charge in [-0.1, -0.05) is 44.9 Å². The topological polar surface area (TPSA) is 79.6 Å². The van der Waals surface area contributed by atoms with E-state index in [1.165, 1.54) is 63.4 Å². The molecule has 1 aliphatic carbocycles. The third-order valence-electron chi connectivity index (χ3n) is 5.07. The van der Waals surface area contributed by atoms with Gasteiger partial charge in [0, 0.05) is 12.2 Å². The smallest absolute Gasteiger partial charge is 0.143 e. The lowest BCUT2D eigenvalue weighted by Crippen LogP contribution is -2.07. The first-order valence-corrected chi connectivity index (χ1v) is 9.45. The van der Waals surface area contributed by atoms with Crippen molar-refractivity contribution in [1.82, 2.24) is 15.0 Å². The zero-order valence-corrected chi connectivity index (χ0v) is 14.9. The fourth-order valence-electron chi connectivity index (χ4n) is 3.92. The van der Waals surface area contributed by atoms with Crippen molar-refractivity contribution < 1.29 is 0 Å². The standard InChI is InChI=1S/C17H28N5P/c18-10-13-14(12-8-6-4-2-1-3-5-7-9-12)15-16(21-13)19-11-20-17(15)22-23/h11-12H,1-10,18,23H2,(H2,19,20,21,22). The van der Waals surface area contributed by atoms with E-state index in [9.17, 15) is 0 Å². The minimum atomic E-state index is 0.526. The summed E-state index contributed by atoms with van der Waals surface area (Å²) >= 11 is 0. The van der Waals surface area contributed by atoms with E-state index < -0.39 is 0 Å². The Morgan fingerprint density at radius 1 is 1.09 bits per heavy atom. The Morgan fingerprint density at radius 2 is 1.74 bits per heavy atom. The van der Waals surface area contributed by atoms with Crippen LogP contribution < -0.4 is 10.8 Å².